The molecule has 4 aromatic rings. The van der Waals surface area contributed by atoms with Gasteiger partial charge in [-0.05, 0) is 72.4 Å². The standard InChI is InChI=1S/C23H18FN3O2S2/c1-27-21(16-11-13-25-14-12-16)20(15-3-7-18(24)8-4-15)26-23(27)30-22(28)17-5-9-19(10-6-17)31(2)29/h3-14H,1-2H3. The van der Waals surface area contributed by atoms with Crippen molar-refractivity contribution in [2.75, 3.05) is 6.26 Å². The van der Waals surface area contributed by atoms with Gasteiger partial charge in [0.15, 0.2) is 5.16 Å². The molecule has 2 heterocycles. The van der Waals surface area contributed by atoms with Gasteiger partial charge in [0, 0.05) is 58.1 Å². The van der Waals surface area contributed by atoms with Crippen LogP contribution in [0.4, 0.5) is 4.39 Å². The van der Waals surface area contributed by atoms with E-state index in [2.05, 4.69) is 4.98 Å². The number of benzene rings is 2. The minimum atomic E-state index is -1.10. The minimum absolute atomic E-state index is 0.173. The van der Waals surface area contributed by atoms with E-state index >= 15 is 0 Å². The van der Waals surface area contributed by atoms with Crippen LogP contribution in [-0.2, 0) is 17.8 Å². The first-order valence-electron chi connectivity index (χ1n) is 9.33. The maximum atomic E-state index is 13.4. The highest BCUT2D eigenvalue weighted by Gasteiger charge is 2.21. The first-order chi connectivity index (χ1) is 14.9. The first kappa shape index (κ1) is 21.1. The molecule has 0 bridgehead atoms. The Morgan fingerprint density at radius 2 is 1.61 bits per heavy atom. The third-order valence-corrected chi connectivity index (χ3v) is 6.64. The summed E-state index contributed by atoms with van der Waals surface area (Å²) in [7, 11) is 0.740. The Morgan fingerprint density at radius 1 is 0.968 bits per heavy atom. The highest BCUT2D eigenvalue weighted by molar-refractivity contribution is 8.14. The third-order valence-electron chi connectivity index (χ3n) is 4.73. The number of pyridine rings is 1. The highest BCUT2D eigenvalue weighted by atomic mass is 32.2. The molecule has 1 atom stereocenters. The molecule has 0 aliphatic rings. The molecule has 0 aliphatic heterocycles. The van der Waals surface area contributed by atoms with E-state index < -0.39 is 10.8 Å². The zero-order valence-electron chi connectivity index (χ0n) is 16.8. The topological polar surface area (TPSA) is 64.8 Å². The summed E-state index contributed by atoms with van der Waals surface area (Å²) in [4.78, 5) is 22.3. The van der Waals surface area contributed by atoms with Gasteiger partial charge in [0.25, 0.3) is 0 Å². The molecule has 0 fully saturated rings. The molecular formula is C23H18FN3O2S2. The number of rotatable bonds is 5. The Hall–Kier alpha value is -3.10. The van der Waals surface area contributed by atoms with E-state index in [1.165, 1.54) is 12.1 Å². The van der Waals surface area contributed by atoms with Crippen LogP contribution in [0.1, 0.15) is 10.4 Å². The lowest BCUT2D eigenvalue weighted by molar-refractivity contribution is 0.108. The zero-order chi connectivity index (χ0) is 22.0. The molecule has 2 aromatic heterocycles. The minimum Gasteiger partial charge on any atom is -0.321 e. The Bertz CT molecular complexity index is 1250. The second-order valence-electron chi connectivity index (χ2n) is 6.76. The summed E-state index contributed by atoms with van der Waals surface area (Å²) in [6.45, 7) is 0. The van der Waals surface area contributed by atoms with E-state index in [0.29, 0.717) is 21.3 Å². The van der Waals surface area contributed by atoms with Crippen molar-refractivity contribution in [1.29, 1.82) is 0 Å². The smallest absolute Gasteiger partial charge is 0.227 e. The molecular weight excluding hydrogens is 433 g/mol. The molecule has 5 nitrogen and oxygen atoms in total. The van der Waals surface area contributed by atoms with Crippen molar-refractivity contribution in [3.05, 3.63) is 84.4 Å². The molecule has 0 N–H and O–H groups in total. The largest absolute Gasteiger partial charge is 0.321 e. The van der Waals surface area contributed by atoms with E-state index in [1.54, 1.807) is 55.0 Å². The number of carbonyl (C=O) groups excluding carboxylic acids is 1. The Balaban J connectivity index is 1.74. The number of aromatic nitrogens is 3. The van der Waals surface area contributed by atoms with Gasteiger partial charge in [-0.25, -0.2) is 9.37 Å². The second-order valence-corrected chi connectivity index (χ2v) is 9.08. The van der Waals surface area contributed by atoms with E-state index in [9.17, 15) is 13.4 Å². The van der Waals surface area contributed by atoms with Crippen LogP contribution in [0.15, 0.2) is 83.1 Å². The quantitative estimate of drug-likeness (QED) is 0.402. The number of nitrogens with zero attached hydrogens (tertiary/aromatic N) is 3. The van der Waals surface area contributed by atoms with Crippen molar-refractivity contribution >= 4 is 27.7 Å². The number of hydrogen-bond acceptors (Lipinski definition) is 5. The van der Waals surface area contributed by atoms with Gasteiger partial charge in [-0.15, -0.1) is 0 Å². The monoisotopic (exact) mass is 451 g/mol. The third kappa shape index (κ3) is 4.50. The van der Waals surface area contributed by atoms with Crippen molar-refractivity contribution in [1.82, 2.24) is 14.5 Å². The fraction of sp³-hybridized carbons (Fsp3) is 0.0870. The van der Waals surface area contributed by atoms with E-state index in [4.69, 9.17) is 4.98 Å². The van der Waals surface area contributed by atoms with Crippen LogP contribution in [0.2, 0.25) is 0 Å². The van der Waals surface area contributed by atoms with Gasteiger partial charge in [0.05, 0.1) is 11.4 Å². The summed E-state index contributed by atoms with van der Waals surface area (Å²) in [5, 5.41) is 0.341. The number of imidazole rings is 1. The van der Waals surface area contributed by atoms with Crippen LogP contribution in [0.5, 0.6) is 0 Å². The summed E-state index contributed by atoms with van der Waals surface area (Å²) in [5.74, 6) is -0.327. The zero-order valence-corrected chi connectivity index (χ0v) is 18.4. The van der Waals surface area contributed by atoms with Crippen LogP contribution in [0.3, 0.4) is 0 Å². The molecule has 156 valence electrons. The lowest BCUT2D eigenvalue weighted by Crippen LogP contribution is -1.99. The number of carbonyl (C=O) groups is 1. The van der Waals surface area contributed by atoms with Gasteiger partial charge in [0.1, 0.15) is 5.82 Å². The van der Waals surface area contributed by atoms with Crippen molar-refractivity contribution in [3.63, 3.8) is 0 Å². The normalized spacial score (nSPS) is 12.0. The van der Waals surface area contributed by atoms with E-state index in [0.717, 1.165) is 28.6 Å². The predicted octanol–water partition coefficient (Wildman–Crippen LogP) is 4.96. The van der Waals surface area contributed by atoms with Crippen LogP contribution in [0.25, 0.3) is 22.5 Å². The molecule has 4 rings (SSSR count). The fourth-order valence-corrected chi connectivity index (χ4v) is 4.45. The van der Waals surface area contributed by atoms with Gasteiger partial charge in [-0.3, -0.25) is 14.0 Å². The molecule has 1 unspecified atom stereocenters. The number of halogens is 1. The Morgan fingerprint density at radius 3 is 2.23 bits per heavy atom. The summed E-state index contributed by atoms with van der Waals surface area (Å²) >= 11 is 1.01. The molecule has 2 aromatic carbocycles. The molecule has 0 radical (unpaired) electrons. The van der Waals surface area contributed by atoms with E-state index in [-0.39, 0.29) is 10.9 Å². The van der Waals surface area contributed by atoms with Gasteiger partial charge in [0.2, 0.25) is 5.12 Å². The maximum Gasteiger partial charge on any atom is 0.227 e. The number of hydrogen-bond donors (Lipinski definition) is 0. The number of thioether (sulfide) groups is 1. The average Bonchev–Trinajstić information content (AvgIpc) is 3.10. The molecule has 0 aliphatic carbocycles. The summed E-state index contributed by atoms with van der Waals surface area (Å²) in [6.07, 6.45) is 4.97. The molecule has 8 heteroatoms. The SMILES string of the molecule is Cn1c(SC(=O)c2ccc(S(C)=O)cc2)nc(-c2ccc(F)cc2)c1-c1ccncc1. The maximum absolute atomic E-state index is 13.4. The summed E-state index contributed by atoms with van der Waals surface area (Å²) < 4.78 is 26.9. The second kappa shape index (κ2) is 8.95. The molecule has 0 saturated carbocycles. The highest BCUT2D eigenvalue weighted by Crippen LogP contribution is 2.35. The predicted molar refractivity (Wildman–Crippen MR) is 121 cm³/mol. The van der Waals surface area contributed by atoms with Crippen LogP contribution >= 0.6 is 11.8 Å². The molecule has 31 heavy (non-hydrogen) atoms. The lowest BCUT2D eigenvalue weighted by atomic mass is 10.1. The fourth-order valence-electron chi connectivity index (χ4n) is 3.14. The van der Waals surface area contributed by atoms with Crippen LogP contribution < -0.4 is 0 Å². The average molecular weight is 452 g/mol. The van der Waals surface area contributed by atoms with Crippen molar-refractivity contribution in [2.24, 2.45) is 7.05 Å². The van der Waals surface area contributed by atoms with Crippen molar-refractivity contribution in [3.8, 4) is 22.5 Å². The summed E-state index contributed by atoms with van der Waals surface area (Å²) in [6, 6.07) is 16.6. The first-order valence-corrected chi connectivity index (χ1v) is 11.7. The van der Waals surface area contributed by atoms with Gasteiger partial charge >= 0.3 is 0 Å². The molecule has 0 amide bonds. The van der Waals surface area contributed by atoms with Gasteiger partial charge < -0.3 is 4.57 Å². The molecule has 0 saturated heterocycles. The van der Waals surface area contributed by atoms with Crippen molar-refractivity contribution < 1.29 is 13.4 Å². The van der Waals surface area contributed by atoms with Crippen molar-refractivity contribution in [2.45, 2.75) is 10.1 Å². The van der Waals surface area contributed by atoms with Crippen LogP contribution in [-0.4, -0.2) is 30.1 Å². The van der Waals surface area contributed by atoms with Gasteiger partial charge in [-0.2, -0.15) is 0 Å². The van der Waals surface area contributed by atoms with Crippen LogP contribution in [0, 0.1) is 5.82 Å². The Labute approximate surface area is 185 Å². The van der Waals surface area contributed by atoms with E-state index in [1.807, 2.05) is 23.7 Å². The van der Waals surface area contributed by atoms with Gasteiger partial charge in [-0.1, -0.05) is 0 Å². The molecule has 0 spiro atoms. The summed E-state index contributed by atoms with van der Waals surface area (Å²) in [5.41, 5.74) is 3.59. The Kier molecular flexibility index (Phi) is 6.11. The lowest BCUT2D eigenvalue weighted by Gasteiger charge is -2.07.